The van der Waals surface area contributed by atoms with Crippen molar-refractivity contribution in [3.8, 4) is 0 Å². The molecule has 0 radical (unpaired) electrons. The second-order valence-electron chi connectivity index (χ2n) is 9.57. The third kappa shape index (κ3) is 5.13. The summed E-state index contributed by atoms with van der Waals surface area (Å²) in [6.45, 7) is 4.62. The highest BCUT2D eigenvalue weighted by atomic mass is 32.2. The van der Waals surface area contributed by atoms with E-state index in [0.717, 1.165) is 63.1 Å². The molecule has 170 valence electrons. The molecule has 1 spiro atoms. The Morgan fingerprint density at radius 2 is 1.71 bits per heavy atom. The van der Waals surface area contributed by atoms with Gasteiger partial charge in [-0.1, -0.05) is 51.2 Å². The van der Waals surface area contributed by atoms with Gasteiger partial charge in [0.05, 0.1) is 4.87 Å². The van der Waals surface area contributed by atoms with E-state index in [4.69, 9.17) is 0 Å². The number of hydrogen-bond donors (Lipinski definition) is 0. The highest BCUT2D eigenvalue weighted by Gasteiger charge is 2.48. The lowest BCUT2D eigenvalue weighted by Crippen LogP contribution is -2.54. The number of hydrogen-bond acceptors (Lipinski definition) is 3. The minimum Gasteiger partial charge on any atom is -0.338 e. The summed E-state index contributed by atoms with van der Waals surface area (Å²) in [7, 11) is 0. The predicted molar refractivity (Wildman–Crippen MR) is 128 cm³/mol. The first kappa shape index (κ1) is 22.7. The molecule has 1 aromatic rings. The van der Waals surface area contributed by atoms with E-state index in [1.54, 1.807) is 0 Å². The third-order valence-corrected chi connectivity index (χ3v) is 9.05. The molecule has 5 heteroatoms. The van der Waals surface area contributed by atoms with Crippen molar-refractivity contribution in [3.63, 3.8) is 0 Å². The second kappa shape index (κ2) is 10.4. The van der Waals surface area contributed by atoms with Crippen molar-refractivity contribution in [2.45, 2.75) is 82.4 Å². The number of nitrogens with zero attached hydrogens (tertiary/aromatic N) is 2. The molecule has 0 bridgehead atoms. The Hall–Kier alpha value is -1.49. The van der Waals surface area contributed by atoms with Gasteiger partial charge in [0.2, 0.25) is 5.91 Å². The van der Waals surface area contributed by atoms with Crippen LogP contribution in [0.5, 0.6) is 0 Å². The molecule has 0 atom stereocenters. The smallest absolute Gasteiger partial charge is 0.253 e. The molecule has 2 amide bonds. The van der Waals surface area contributed by atoms with Crippen LogP contribution < -0.4 is 0 Å². The SMILES string of the molecule is CCCCCCc1ccc(C(=O)N2CCC3(CC2)SCCN3C(=O)C2CCCC2)cc1. The Balaban J connectivity index is 1.31. The number of piperidine rings is 1. The van der Waals surface area contributed by atoms with Gasteiger partial charge in [0.15, 0.2) is 0 Å². The molecule has 2 saturated heterocycles. The number of likely N-dealkylation sites (tertiary alicyclic amines) is 1. The first-order valence-electron chi connectivity index (χ1n) is 12.5. The standard InChI is InChI=1S/C26H38N2O2S/c1-2-3-4-5-8-21-11-13-23(14-12-21)24(29)27-17-15-26(16-18-27)28(19-20-31-26)25(30)22-9-6-7-10-22/h11-14,22H,2-10,15-20H2,1H3. The summed E-state index contributed by atoms with van der Waals surface area (Å²) in [5.41, 5.74) is 2.12. The molecule has 4 nitrogen and oxygen atoms in total. The van der Waals surface area contributed by atoms with E-state index < -0.39 is 0 Å². The fourth-order valence-electron chi connectivity index (χ4n) is 5.54. The topological polar surface area (TPSA) is 40.6 Å². The van der Waals surface area contributed by atoms with Crippen LogP contribution in [0.4, 0.5) is 0 Å². The summed E-state index contributed by atoms with van der Waals surface area (Å²) < 4.78 is 0. The van der Waals surface area contributed by atoms with Gasteiger partial charge in [0, 0.05) is 36.9 Å². The lowest BCUT2D eigenvalue weighted by Gasteiger charge is -2.44. The molecule has 0 unspecified atom stereocenters. The Labute approximate surface area is 192 Å². The monoisotopic (exact) mass is 442 g/mol. The van der Waals surface area contributed by atoms with E-state index in [-0.39, 0.29) is 16.7 Å². The first-order valence-corrected chi connectivity index (χ1v) is 13.5. The van der Waals surface area contributed by atoms with Gasteiger partial charge in [0.25, 0.3) is 5.91 Å². The number of thioether (sulfide) groups is 1. The van der Waals surface area contributed by atoms with Crippen LogP contribution in [0.15, 0.2) is 24.3 Å². The van der Waals surface area contributed by atoms with Crippen LogP contribution in [0.3, 0.4) is 0 Å². The predicted octanol–water partition coefficient (Wildman–Crippen LogP) is 5.51. The largest absolute Gasteiger partial charge is 0.338 e. The van der Waals surface area contributed by atoms with E-state index in [9.17, 15) is 9.59 Å². The van der Waals surface area contributed by atoms with Crippen LogP contribution >= 0.6 is 11.8 Å². The third-order valence-electron chi connectivity index (χ3n) is 7.50. The average molecular weight is 443 g/mol. The van der Waals surface area contributed by atoms with Crippen molar-refractivity contribution in [1.29, 1.82) is 0 Å². The summed E-state index contributed by atoms with van der Waals surface area (Å²) in [4.78, 5) is 30.3. The quantitative estimate of drug-likeness (QED) is 0.523. The number of aryl methyl sites for hydroxylation is 1. The van der Waals surface area contributed by atoms with Gasteiger partial charge in [-0.15, -0.1) is 11.8 Å². The molecular formula is C26H38N2O2S. The van der Waals surface area contributed by atoms with E-state index in [1.165, 1.54) is 44.1 Å². The summed E-state index contributed by atoms with van der Waals surface area (Å²) in [6.07, 6.45) is 12.5. The average Bonchev–Trinajstić information content (AvgIpc) is 3.48. The van der Waals surface area contributed by atoms with Crippen molar-refractivity contribution < 1.29 is 9.59 Å². The van der Waals surface area contributed by atoms with Crippen molar-refractivity contribution in [1.82, 2.24) is 9.80 Å². The summed E-state index contributed by atoms with van der Waals surface area (Å²) in [6, 6.07) is 8.25. The van der Waals surface area contributed by atoms with E-state index in [0.29, 0.717) is 5.91 Å². The molecule has 0 N–H and O–H groups in total. The van der Waals surface area contributed by atoms with Crippen LogP contribution in [0, 0.1) is 5.92 Å². The molecule has 1 aliphatic carbocycles. The number of benzene rings is 1. The summed E-state index contributed by atoms with van der Waals surface area (Å²) in [5, 5.41) is 0. The van der Waals surface area contributed by atoms with Crippen molar-refractivity contribution >= 4 is 23.6 Å². The molecule has 1 aromatic carbocycles. The Morgan fingerprint density at radius 1 is 1.00 bits per heavy atom. The number of unbranched alkanes of at least 4 members (excludes halogenated alkanes) is 3. The Morgan fingerprint density at radius 3 is 2.39 bits per heavy atom. The number of carbonyl (C=O) groups is 2. The van der Waals surface area contributed by atoms with Crippen LogP contribution in [0.1, 0.15) is 87.1 Å². The molecule has 4 rings (SSSR count). The van der Waals surface area contributed by atoms with Gasteiger partial charge in [-0.05, 0) is 56.2 Å². The zero-order valence-corrected chi connectivity index (χ0v) is 19.9. The minimum absolute atomic E-state index is 0.0706. The summed E-state index contributed by atoms with van der Waals surface area (Å²) >= 11 is 1.95. The number of rotatable bonds is 7. The fourth-order valence-corrected chi connectivity index (χ4v) is 7.00. The zero-order chi connectivity index (χ0) is 21.7. The van der Waals surface area contributed by atoms with Gasteiger partial charge in [-0.2, -0.15) is 0 Å². The number of amides is 2. The minimum atomic E-state index is -0.0706. The van der Waals surface area contributed by atoms with E-state index >= 15 is 0 Å². The van der Waals surface area contributed by atoms with Crippen LogP contribution in [0.25, 0.3) is 0 Å². The lowest BCUT2D eigenvalue weighted by molar-refractivity contribution is -0.138. The van der Waals surface area contributed by atoms with Crippen molar-refractivity contribution in [2.75, 3.05) is 25.4 Å². The fraction of sp³-hybridized carbons (Fsp3) is 0.692. The summed E-state index contributed by atoms with van der Waals surface area (Å²) in [5.74, 6) is 1.81. The van der Waals surface area contributed by atoms with Gasteiger partial charge in [-0.25, -0.2) is 0 Å². The Kier molecular flexibility index (Phi) is 7.63. The number of carbonyl (C=O) groups excluding carboxylic acids is 2. The van der Waals surface area contributed by atoms with Crippen LogP contribution in [-0.2, 0) is 11.2 Å². The molecule has 3 aliphatic rings. The molecule has 2 aliphatic heterocycles. The second-order valence-corrected chi connectivity index (χ2v) is 11.0. The maximum atomic E-state index is 13.1. The highest BCUT2D eigenvalue weighted by Crippen LogP contribution is 2.45. The Bertz CT molecular complexity index is 749. The van der Waals surface area contributed by atoms with Crippen LogP contribution in [0.2, 0.25) is 0 Å². The molecule has 3 fully saturated rings. The van der Waals surface area contributed by atoms with Gasteiger partial charge < -0.3 is 9.80 Å². The van der Waals surface area contributed by atoms with Gasteiger partial charge >= 0.3 is 0 Å². The lowest BCUT2D eigenvalue weighted by atomic mass is 9.98. The zero-order valence-electron chi connectivity index (χ0n) is 19.1. The van der Waals surface area contributed by atoms with Crippen molar-refractivity contribution in [3.05, 3.63) is 35.4 Å². The van der Waals surface area contributed by atoms with Crippen LogP contribution in [-0.4, -0.2) is 51.9 Å². The van der Waals surface area contributed by atoms with Gasteiger partial charge in [-0.3, -0.25) is 9.59 Å². The van der Waals surface area contributed by atoms with Crippen molar-refractivity contribution in [2.24, 2.45) is 5.92 Å². The normalized spacial score (nSPS) is 21.2. The van der Waals surface area contributed by atoms with E-state index in [1.807, 2.05) is 28.8 Å². The molecule has 31 heavy (non-hydrogen) atoms. The molecule has 2 heterocycles. The maximum Gasteiger partial charge on any atom is 0.253 e. The van der Waals surface area contributed by atoms with Gasteiger partial charge in [0.1, 0.15) is 0 Å². The molecular weight excluding hydrogens is 404 g/mol. The maximum absolute atomic E-state index is 13.1. The highest BCUT2D eigenvalue weighted by molar-refractivity contribution is 8.00. The molecule has 0 aromatic heterocycles. The molecule has 1 saturated carbocycles. The van der Waals surface area contributed by atoms with E-state index in [2.05, 4.69) is 24.0 Å². The first-order chi connectivity index (χ1) is 15.1.